The van der Waals surface area contributed by atoms with Gasteiger partial charge in [0.2, 0.25) is 0 Å². The van der Waals surface area contributed by atoms with Crippen molar-refractivity contribution in [2.24, 2.45) is 7.05 Å². The highest BCUT2D eigenvalue weighted by Crippen LogP contribution is 2.29. The topological polar surface area (TPSA) is 39.1 Å². The lowest BCUT2D eigenvalue weighted by Gasteiger charge is -2.28. The summed E-state index contributed by atoms with van der Waals surface area (Å²) in [5.41, 5.74) is 1.22. The second-order valence-corrected chi connectivity index (χ2v) is 6.09. The lowest BCUT2D eigenvalue weighted by molar-refractivity contribution is 0.00454. The van der Waals surface area contributed by atoms with Crippen molar-refractivity contribution >= 4 is 15.9 Å². The van der Waals surface area contributed by atoms with Gasteiger partial charge in [0.15, 0.2) is 0 Å². The Bertz CT molecular complexity index is 369. The molecule has 0 spiro atoms. The molecule has 0 aromatic carbocycles. The standard InChI is InChI=1S/C14H24BrN3O/c1-3-7-16-13(9-11-6-4-5-8-19-11)14-12(15)10-17-18(14)2/h10-11,13,16H,3-9H2,1-2H3. The molecule has 1 saturated heterocycles. The molecule has 0 radical (unpaired) electrons. The number of nitrogens with one attached hydrogen (secondary N) is 1. The highest BCUT2D eigenvalue weighted by Gasteiger charge is 2.24. The van der Waals surface area contributed by atoms with Gasteiger partial charge >= 0.3 is 0 Å². The first-order valence-electron chi connectivity index (χ1n) is 7.24. The molecule has 0 saturated carbocycles. The highest BCUT2D eigenvalue weighted by molar-refractivity contribution is 9.10. The van der Waals surface area contributed by atoms with Crippen LogP contribution in [-0.4, -0.2) is 29.0 Å². The van der Waals surface area contributed by atoms with Crippen molar-refractivity contribution in [2.75, 3.05) is 13.2 Å². The molecule has 19 heavy (non-hydrogen) atoms. The Morgan fingerprint density at radius 3 is 3.00 bits per heavy atom. The smallest absolute Gasteiger partial charge is 0.0693 e. The van der Waals surface area contributed by atoms with Crippen LogP contribution >= 0.6 is 15.9 Å². The monoisotopic (exact) mass is 329 g/mol. The summed E-state index contributed by atoms with van der Waals surface area (Å²) < 4.78 is 8.92. The second kappa shape index (κ2) is 7.41. The molecule has 108 valence electrons. The van der Waals surface area contributed by atoms with Crippen LogP contribution in [0, 0.1) is 0 Å². The van der Waals surface area contributed by atoms with E-state index in [0.29, 0.717) is 12.1 Å². The molecule has 1 aliphatic rings. The lowest BCUT2D eigenvalue weighted by Crippen LogP contribution is -2.30. The fourth-order valence-corrected chi connectivity index (χ4v) is 3.30. The molecule has 0 bridgehead atoms. The van der Waals surface area contributed by atoms with Crippen LogP contribution in [0.25, 0.3) is 0 Å². The van der Waals surface area contributed by atoms with Crippen molar-refractivity contribution in [2.45, 2.75) is 51.2 Å². The van der Waals surface area contributed by atoms with Gasteiger partial charge in [0.1, 0.15) is 0 Å². The minimum absolute atomic E-state index is 0.310. The molecular weight excluding hydrogens is 306 g/mol. The average Bonchev–Trinajstić information content (AvgIpc) is 2.75. The summed E-state index contributed by atoms with van der Waals surface area (Å²) in [6.45, 7) is 4.13. The maximum atomic E-state index is 5.88. The van der Waals surface area contributed by atoms with Crippen molar-refractivity contribution in [3.63, 3.8) is 0 Å². The predicted octanol–water partition coefficient (Wildman–Crippen LogP) is 3.18. The van der Waals surface area contributed by atoms with Crippen LogP contribution in [0.1, 0.15) is 50.8 Å². The summed E-state index contributed by atoms with van der Waals surface area (Å²) in [5.74, 6) is 0. The largest absolute Gasteiger partial charge is 0.378 e. The normalized spacial score (nSPS) is 21.5. The van der Waals surface area contributed by atoms with Crippen molar-refractivity contribution < 1.29 is 4.74 Å². The van der Waals surface area contributed by atoms with Crippen LogP contribution in [0.4, 0.5) is 0 Å². The molecule has 2 rings (SSSR count). The number of aromatic nitrogens is 2. The van der Waals surface area contributed by atoms with E-state index in [1.54, 1.807) is 0 Å². The van der Waals surface area contributed by atoms with E-state index in [9.17, 15) is 0 Å². The molecular formula is C14H24BrN3O. The predicted molar refractivity (Wildman–Crippen MR) is 80.2 cm³/mol. The van der Waals surface area contributed by atoms with Crippen molar-refractivity contribution in [3.05, 3.63) is 16.4 Å². The van der Waals surface area contributed by atoms with Crippen LogP contribution < -0.4 is 5.32 Å². The zero-order chi connectivity index (χ0) is 13.7. The molecule has 1 aromatic rings. The molecule has 1 N–H and O–H groups in total. The minimum atomic E-state index is 0.310. The van der Waals surface area contributed by atoms with E-state index in [2.05, 4.69) is 33.3 Å². The van der Waals surface area contributed by atoms with Crippen LogP contribution in [0.2, 0.25) is 0 Å². The molecule has 2 atom stereocenters. The average molecular weight is 330 g/mol. The number of rotatable bonds is 6. The minimum Gasteiger partial charge on any atom is -0.378 e. The van der Waals surface area contributed by atoms with Gasteiger partial charge in [-0.15, -0.1) is 0 Å². The lowest BCUT2D eigenvalue weighted by atomic mass is 9.99. The maximum absolute atomic E-state index is 5.88. The number of hydrogen-bond donors (Lipinski definition) is 1. The zero-order valence-corrected chi connectivity index (χ0v) is 13.4. The van der Waals surface area contributed by atoms with Gasteiger partial charge in [0.25, 0.3) is 0 Å². The summed E-state index contributed by atoms with van der Waals surface area (Å²) in [7, 11) is 2.00. The van der Waals surface area contributed by atoms with Gasteiger partial charge in [-0.2, -0.15) is 5.10 Å². The third kappa shape index (κ3) is 4.04. The first kappa shape index (κ1) is 15.0. The second-order valence-electron chi connectivity index (χ2n) is 5.23. The Morgan fingerprint density at radius 1 is 1.58 bits per heavy atom. The van der Waals surface area contributed by atoms with Crippen molar-refractivity contribution in [3.8, 4) is 0 Å². The van der Waals surface area contributed by atoms with E-state index in [0.717, 1.165) is 30.5 Å². The summed E-state index contributed by atoms with van der Waals surface area (Å²) >= 11 is 3.61. The Kier molecular flexibility index (Phi) is 5.85. The third-order valence-electron chi connectivity index (χ3n) is 3.68. The van der Waals surface area contributed by atoms with E-state index in [-0.39, 0.29) is 0 Å². The third-order valence-corrected chi connectivity index (χ3v) is 4.29. The molecule has 1 aromatic heterocycles. The molecule has 2 unspecified atom stereocenters. The number of hydrogen-bond acceptors (Lipinski definition) is 3. The molecule has 0 aliphatic carbocycles. The van der Waals surface area contributed by atoms with Crippen molar-refractivity contribution in [1.82, 2.24) is 15.1 Å². The first-order chi connectivity index (χ1) is 9.22. The van der Waals surface area contributed by atoms with Gasteiger partial charge in [-0.25, -0.2) is 0 Å². The van der Waals surface area contributed by atoms with Crippen LogP contribution in [0.15, 0.2) is 10.7 Å². The molecule has 1 fully saturated rings. The molecule has 2 heterocycles. The van der Waals surface area contributed by atoms with E-state index in [4.69, 9.17) is 4.74 Å². The van der Waals surface area contributed by atoms with Crippen LogP contribution in [0.3, 0.4) is 0 Å². The van der Waals surface area contributed by atoms with Crippen molar-refractivity contribution in [1.29, 1.82) is 0 Å². The SMILES string of the molecule is CCCNC(CC1CCCCO1)c1c(Br)cnn1C. The van der Waals surface area contributed by atoms with Crippen LogP contribution in [0.5, 0.6) is 0 Å². The van der Waals surface area contributed by atoms with Gasteiger partial charge in [-0.1, -0.05) is 6.92 Å². The van der Waals surface area contributed by atoms with Gasteiger partial charge in [-0.3, -0.25) is 4.68 Å². The fraction of sp³-hybridized carbons (Fsp3) is 0.786. The quantitative estimate of drug-likeness (QED) is 0.871. The molecule has 4 nitrogen and oxygen atoms in total. The van der Waals surface area contributed by atoms with Gasteiger partial charge in [-0.05, 0) is 54.6 Å². The Labute approximate surface area is 124 Å². The Morgan fingerprint density at radius 2 is 2.42 bits per heavy atom. The van der Waals surface area contributed by atoms with E-state index < -0.39 is 0 Å². The number of ether oxygens (including phenoxy) is 1. The maximum Gasteiger partial charge on any atom is 0.0693 e. The summed E-state index contributed by atoms with van der Waals surface area (Å²) in [5, 5.41) is 7.96. The Hall–Kier alpha value is -0.390. The van der Waals surface area contributed by atoms with E-state index in [1.807, 2.05) is 17.9 Å². The first-order valence-corrected chi connectivity index (χ1v) is 8.04. The van der Waals surface area contributed by atoms with Gasteiger partial charge < -0.3 is 10.1 Å². The van der Waals surface area contributed by atoms with Gasteiger partial charge in [0, 0.05) is 13.7 Å². The molecule has 5 heteroatoms. The Balaban J connectivity index is 2.06. The van der Waals surface area contributed by atoms with Gasteiger partial charge in [0.05, 0.1) is 28.5 Å². The number of aryl methyl sites for hydroxylation is 1. The summed E-state index contributed by atoms with van der Waals surface area (Å²) in [6.07, 6.45) is 8.09. The van der Waals surface area contributed by atoms with Crippen LogP contribution in [-0.2, 0) is 11.8 Å². The number of halogens is 1. The zero-order valence-electron chi connectivity index (χ0n) is 11.9. The molecule has 0 amide bonds. The van der Waals surface area contributed by atoms with E-state index >= 15 is 0 Å². The molecule has 1 aliphatic heterocycles. The highest BCUT2D eigenvalue weighted by atomic mass is 79.9. The van der Waals surface area contributed by atoms with E-state index in [1.165, 1.54) is 25.0 Å². The fourth-order valence-electron chi connectivity index (χ4n) is 2.68. The summed E-state index contributed by atoms with van der Waals surface area (Å²) in [4.78, 5) is 0. The number of nitrogens with zero attached hydrogens (tertiary/aromatic N) is 2. The summed E-state index contributed by atoms with van der Waals surface area (Å²) in [6, 6.07) is 0.310.